The number of nitrogens with two attached hydrogens (primary N) is 1. The number of pyridine rings is 1. The molecule has 2 atom stereocenters. The van der Waals surface area contributed by atoms with Crippen LogP contribution in [0.25, 0.3) is 5.65 Å². The van der Waals surface area contributed by atoms with E-state index in [-0.39, 0.29) is 11.9 Å². The lowest BCUT2D eigenvalue weighted by Gasteiger charge is -2.22. The second-order valence-corrected chi connectivity index (χ2v) is 7.63. The van der Waals surface area contributed by atoms with Crippen molar-refractivity contribution in [3.63, 3.8) is 0 Å². The maximum atomic E-state index is 13.1. The molecule has 1 amide bonds. The largest absolute Gasteiger partial charge is 0.486 e. The average molecular weight is 378 g/mol. The van der Waals surface area contributed by atoms with E-state index in [2.05, 4.69) is 11.9 Å². The van der Waals surface area contributed by atoms with Crippen LogP contribution >= 0.6 is 0 Å². The lowest BCUT2D eigenvalue weighted by atomic mass is 10.1. The SMILES string of the molecule is Cc1ccc2nc(COc3ccccc3C(=O)N3CC(CN)CC3C)cn2c1. The molecule has 2 N–H and O–H groups in total. The van der Waals surface area contributed by atoms with Gasteiger partial charge in [0.15, 0.2) is 0 Å². The molecule has 1 aliphatic heterocycles. The molecule has 6 nitrogen and oxygen atoms in total. The molecule has 1 saturated heterocycles. The fourth-order valence-electron chi connectivity index (χ4n) is 3.90. The smallest absolute Gasteiger partial charge is 0.257 e. The number of benzene rings is 1. The highest BCUT2D eigenvalue weighted by Crippen LogP contribution is 2.28. The van der Waals surface area contributed by atoms with Crippen LogP contribution in [-0.4, -0.2) is 39.3 Å². The minimum absolute atomic E-state index is 0.00433. The Hall–Kier alpha value is -2.86. The summed E-state index contributed by atoms with van der Waals surface area (Å²) in [5.41, 5.74) is 9.27. The zero-order valence-corrected chi connectivity index (χ0v) is 16.3. The number of aryl methyl sites for hydroxylation is 1. The molecule has 1 fully saturated rings. The molecule has 3 aromatic rings. The van der Waals surface area contributed by atoms with Crippen molar-refractivity contribution in [2.75, 3.05) is 13.1 Å². The van der Waals surface area contributed by atoms with Gasteiger partial charge >= 0.3 is 0 Å². The van der Waals surface area contributed by atoms with E-state index >= 15 is 0 Å². The van der Waals surface area contributed by atoms with Gasteiger partial charge in [0.2, 0.25) is 0 Å². The topological polar surface area (TPSA) is 72.9 Å². The molecule has 0 spiro atoms. The number of fused-ring (bicyclic) bond motifs is 1. The Morgan fingerprint density at radius 2 is 2.07 bits per heavy atom. The van der Waals surface area contributed by atoms with Crippen LogP contribution in [0.5, 0.6) is 5.75 Å². The van der Waals surface area contributed by atoms with Crippen LogP contribution in [0.4, 0.5) is 0 Å². The van der Waals surface area contributed by atoms with Crippen LogP contribution in [0.2, 0.25) is 0 Å². The number of hydrogen-bond acceptors (Lipinski definition) is 4. The number of ether oxygens (including phenoxy) is 1. The van der Waals surface area contributed by atoms with Crippen LogP contribution in [0, 0.1) is 12.8 Å². The van der Waals surface area contributed by atoms with Crippen LogP contribution in [-0.2, 0) is 6.61 Å². The molecule has 4 rings (SSSR count). The molecule has 28 heavy (non-hydrogen) atoms. The number of amides is 1. The number of likely N-dealkylation sites (tertiary alicyclic amines) is 1. The third-order valence-electron chi connectivity index (χ3n) is 5.40. The first-order valence-corrected chi connectivity index (χ1v) is 9.72. The Bertz CT molecular complexity index is 997. The number of aromatic nitrogens is 2. The van der Waals surface area contributed by atoms with Crippen LogP contribution in [0.1, 0.15) is 35.0 Å². The summed E-state index contributed by atoms with van der Waals surface area (Å²) in [7, 11) is 0. The number of carbonyl (C=O) groups excluding carboxylic acids is 1. The van der Waals surface area contributed by atoms with Crippen molar-refractivity contribution < 1.29 is 9.53 Å². The van der Waals surface area contributed by atoms with E-state index < -0.39 is 0 Å². The van der Waals surface area contributed by atoms with Gasteiger partial charge in [-0.3, -0.25) is 4.79 Å². The third kappa shape index (κ3) is 3.60. The fourth-order valence-corrected chi connectivity index (χ4v) is 3.90. The van der Waals surface area contributed by atoms with Crippen molar-refractivity contribution in [1.29, 1.82) is 0 Å². The van der Waals surface area contributed by atoms with Gasteiger partial charge in [-0.25, -0.2) is 4.98 Å². The minimum Gasteiger partial charge on any atom is -0.486 e. The van der Waals surface area contributed by atoms with Gasteiger partial charge < -0.3 is 19.8 Å². The molecule has 0 aliphatic carbocycles. The molecule has 0 bridgehead atoms. The summed E-state index contributed by atoms with van der Waals surface area (Å²) in [6.45, 7) is 5.75. The number of hydrogen-bond donors (Lipinski definition) is 1. The first-order chi connectivity index (χ1) is 13.5. The van der Waals surface area contributed by atoms with Crippen molar-refractivity contribution >= 4 is 11.6 Å². The number of para-hydroxylation sites is 1. The van der Waals surface area contributed by atoms with Crippen molar-refractivity contribution in [3.8, 4) is 5.75 Å². The Labute approximate surface area is 164 Å². The number of imidazole rings is 1. The van der Waals surface area contributed by atoms with Gasteiger partial charge in [-0.05, 0) is 56.5 Å². The van der Waals surface area contributed by atoms with Gasteiger partial charge in [0.25, 0.3) is 5.91 Å². The first-order valence-electron chi connectivity index (χ1n) is 9.72. The summed E-state index contributed by atoms with van der Waals surface area (Å²) < 4.78 is 7.99. The molecule has 3 heterocycles. The van der Waals surface area contributed by atoms with Crippen LogP contribution in [0.15, 0.2) is 48.8 Å². The predicted molar refractivity (Wildman–Crippen MR) is 108 cm³/mol. The molecular formula is C22H26N4O2. The molecular weight excluding hydrogens is 352 g/mol. The lowest BCUT2D eigenvalue weighted by Crippen LogP contribution is -2.34. The van der Waals surface area contributed by atoms with Gasteiger partial charge in [0.1, 0.15) is 18.0 Å². The zero-order chi connectivity index (χ0) is 19.7. The number of carbonyl (C=O) groups is 1. The minimum atomic E-state index is 0.00433. The number of rotatable bonds is 5. The highest BCUT2D eigenvalue weighted by molar-refractivity contribution is 5.97. The van der Waals surface area contributed by atoms with Gasteiger partial charge in [-0.15, -0.1) is 0 Å². The van der Waals surface area contributed by atoms with Crippen molar-refractivity contribution in [2.24, 2.45) is 11.7 Å². The van der Waals surface area contributed by atoms with Crippen LogP contribution < -0.4 is 10.5 Å². The maximum absolute atomic E-state index is 13.1. The van der Waals surface area contributed by atoms with Crippen molar-refractivity contribution in [3.05, 3.63) is 65.6 Å². The summed E-state index contributed by atoms with van der Waals surface area (Å²) in [6, 6.07) is 11.6. The molecule has 2 unspecified atom stereocenters. The van der Waals surface area contributed by atoms with Gasteiger partial charge in [-0.2, -0.15) is 0 Å². The standard InChI is InChI=1S/C22H26N4O2/c1-15-7-8-21-24-18(13-25(21)11-15)14-28-20-6-4-3-5-19(20)22(27)26-12-17(10-23)9-16(26)2/h3-8,11,13,16-17H,9-10,12,14,23H2,1-2H3. The highest BCUT2D eigenvalue weighted by atomic mass is 16.5. The normalized spacial score (nSPS) is 19.3. The third-order valence-corrected chi connectivity index (χ3v) is 5.40. The van der Waals surface area contributed by atoms with E-state index in [1.165, 1.54) is 5.56 Å². The van der Waals surface area contributed by atoms with Crippen molar-refractivity contribution in [1.82, 2.24) is 14.3 Å². The molecule has 1 aromatic carbocycles. The molecule has 1 aliphatic rings. The Morgan fingerprint density at radius 1 is 1.25 bits per heavy atom. The van der Waals surface area contributed by atoms with E-state index in [0.717, 1.165) is 17.8 Å². The maximum Gasteiger partial charge on any atom is 0.257 e. The summed E-state index contributed by atoms with van der Waals surface area (Å²) >= 11 is 0. The predicted octanol–water partition coefficient (Wildman–Crippen LogP) is 3.03. The number of nitrogens with zero attached hydrogens (tertiary/aromatic N) is 3. The monoisotopic (exact) mass is 378 g/mol. The first kappa shape index (κ1) is 18.5. The Kier molecular flexibility index (Phi) is 5.05. The average Bonchev–Trinajstić information content (AvgIpc) is 3.28. The molecule has 0 radical (unpaired) electrons. The second kappa shape index (κ2) is 7.64. The van der Waals surface area contributed by atoms with E-state index in [9.17, 15) is 4.79 Å². The quantitative estimate of drug-likeness (QED) is 0.741. The van der Waals surface area contributed by atoms with E-state index in [4.69, 9.17) is 10.5 Å². The fraction of sp³-hybridized carbons (Fsp3) is 0.364. The van der Waals surface area contributed by atoms with Gasteiger partial charge in [-0.1, -0.05) is 18.2 Å². The lowest BCUT2D eigenvalue weighted by molar-refractivity contribution is 0.0738. The van der Waals surface area contributed by atoms with E-state index in [1.807, 2.05) is 65.0 Å². The Balaban J connectivity index is 1.52. The van der Waals surface area contributed by atoms with Crippen LogP contribution in [0.3, 0.4) is 0 Å². The highest BCUT2D eigenvalue weighted by Gasteiger charge is 2.33. The second-order valence-electron chi connectivity index (χ2n) is 7.63. The summed E-state index contributed by atoms with van der Waals surface area (Å²) in [4.78, 5) is 19.6. The van der Waals surface area contributed by atoms with Gasteiger partial charge in [0, 0.05) is 25.0 Å². The molecule has 2 aromatic heterocycles. The van der Waals surface area contributed by atoms with E-state index in [1.54, 1.807) is 0 Å². The van der Waals surface area contributed by atoms with Crippen molar-refractivity contribution in [2.45, 2.75) is 32.9 Å². The molecule has 6 heteroatoms. The summed E-state index contributed by atoms with van der Waals surface area (Å²) in [6.07, 6.45) is 4.94. The summed E-state index contributed by atoms with van der Waals surface area (Å²) in [5.74, 6) is 0.960. The van der Waals surface area contributed by atoms with Gasteiger partial charge in [0.05, 0.1) is 11.3 Å². The summed E-state index contributed by atoms with van der Waals surface area (Å²) in [5, 5.41) is 0. The molecule has 146 valence electrons. The Morgan fingerprint density at radius 3 is 2.86 bits per heavy atom. The van der Waals surface area contributed by atoms with E-state index in [0.29, 0.717) is 36.9 Å². The molecule has 0 saturated carbocycles. The zero-order valence-electron chi connectivity index (χ0n) is 16.3.